The van der Waals surface area contributed by atoms with Crippen LogP contribution in [0, 0.1) is 0 Å². The quantitative estimate of drug-likeness (QED) is 0.228. The average Bonchev–Trinajstić information content (AvgIpc) is 2.95. The van der Waals surface area contributed by atoms with Crippen molar-refractivity contribution in [2.75, 3.05) is 11.8 Å². The lowest BCUT2D eigenvalue weighted by atomic mass is 9.96. The molecule has 0 saturated heterocycles. The van der Waals surface area contributed by atoms with E-state index >= 15 is 0 Å². The lowest BCUT2D eigenvalue weighted by Gasteiger charge is -2.19. The number of carbonyl (C=O) groups is 1. The van der Waals surface area contributed by atoms with Crippen LogP contribution in [0.5, 0.6) is 0 Å². The van der Waals surface area contributed by atoms with Gasteiger partial charge < -0.3 is 4.74 Å². The number of halogens is 1. The Bertz CT molecular complexity index is 1840. The number of methoxy groups -OCH3 is 1. The minimum atomic E-state index is -3.75. The van der Waals surface area contributed by atoms with Gasteiger partial charge in [0.05, 0.1) is 18.6 Å². The number of sulfonamides is 1. The largest absolute Gasteiger partial charge is 0.464 e. The lowest BCUT2D eigenvalue weighted by Crippen LogP contribution is -2.28. The number of hydrogen-bond acceptors (Lipinski definition) is 5. The second-order valence-corrected chi connectivity index (χ2v) is 11.4. The molecule has 1 aromatic heterocycles. The van der Waals surface area contributed by atoms with Gasteiger partial charge in [-0.25, -0.2) is 13.2 Å². The number of pyridine rings is 1. The number of fused-ring (bicyclic) bond motifs is 1. The van der Waals surface area contributed by atoms with Gasteiger partial charge in [-0.05, 0) is 59.0 Å². The van der Waals surface area contributed by atoms with Crippen molar-refractivity contribution in [2.45, 2.75) is 11.4 Å². The van der Waals surface area contributed by atoms with Crippen LogP contribution < -0.4 is 10.3 Å². The third-order valence-corrected chi connectivity index (χ3v) is 8.17. The predicted molar refractivity (Wildman–Crippen MR) is 155 cm³/mol. The first-order chi connectivity index (χ1) is 18.8. The van der Waals surface area contributed by atoms with Crippen LogP contribution in [0.3, 0.4) is 0 Å². The van der Waals surface area contributed by atoms with E-state index in [1.54, 1.807) is 54.6 Å². The first-order valence-corrected chi connectivity index (χ1v) is 14.2. The maximum atomic E-state index is 13.7. The molecule has 0 aliphatic carbocycles. The van der Waals surface area contributed by atoms with E-state index in [-0.39, 0.29) is 22.7 Å². The molecule has 0 amide bonds. The third kappa shape index (κ3) is 5.36. The molecule has 0 radical (unpaired) electrons. The van der Waals surface area contributed by atoms with E-state index in [4.69, 9.17) is 4.74 Å². The van der Waals surface area contributed by atoms with Crippen LogP contribution in [0.25, 0.3) is 21.9 Å². The number of rotatable bonds is 7. The minimum Gasteiger partial charge on any atom is -0.464 e. The van der Waals surface area contributed by atoms with Gasteiger partial charge in [-0.1, -0.05) is 76.6 Å². The summed E-state index contributed by atoms with van der Waals surface area (Å²) in [5, 5.41) is 1.08. The molecule has 5 rings (SSSR count). The second kappa shape index (κ2) is 10.9. The van der Waals surface area contributed by atoms with Crippen LogP contribution in [-0.2, 0) is 21.3 Å². The molecule has 0 bridgehead atoms. The van der Waals surface area contributed by atoms with Gasteiger partial charge in [0.25, 0.3) is 15.6 Å². The Balaban J connectivity index is 1.60. The maximum absolute atomic E-state index is 13.7. The van der Waals surface area contributed by atoms with Crippen LogP contribution >= 0.6 is 15.9 Å². The first kappa shape index (κ1) is 26.4. The molecule has 0 spiro atoms. The summed E-state index contributed by atoms with van der Waals surface area (Å²) in [6.45, 7) is 0.0703. The highest BCUT2D eigenvalue weighted by Crippen LogP contribution is 2.33. The predicted octanol–water partition coefficient (Wildman–Crippen LogP) is 6.07. The number of hydrogen-bond donors (Lipinski definition) is 1. The highest BCUT2D eigenvalue weighted by molar-refractivity contribution is 9.10. The molecule has 1 heterocycles. The Hall–Kier alpha value is -4.21. The summed E-state index contributed by atoms with van der Waals surface area (Å²) in [6.07, 6.45) is 0. The number of anilines is 1. The summed E-state index contributed by atoms with van der Waals surface area (Å²) in [6, 6.07) is 29.4. The highest BCUT2D eigenvalue weighted by Gasteiger charge is 2.24. The number of aromatic nitrogens is 1. The molecule has 4 aromatic carbocycles. The highest BCUT2D eigenvalue weighted by atomic mass is 79.9. The zero-order valence-corrected chi connectivity index (χ0v) is 23.2. The van der Waals surface area contributed by atoms with Crippen molar-refractivity contribution in [1.82, 2.24) is 4.57 Å². The molecule has 0 unspecified atom stereocenters. The number of nitrogens with zero attached hydrogens (tertiary/aromatic N) is 1. The number of benzene rings is 4. The zero-order valence-electron chi connectivity index (χ0n) is 20.8. The van der Waals surface area contributed by atoms with Gasteiger partial charge in [-0.2, -0.15) is 0 Å². The Kier molecular flexibility index (Phi) is 7.36. The van der Waals surface area contributed by atoms with E-state index in [1.807, 2.05) is 36.4 Å². The van der Waals surface area contributed by atoms with Crippen molar-refractivity contribution < 1.29 is 17.9 Å². The average molecular weight is 603 g/mol. The first-order valence-electron chi connectivity index (χ1n) is 11.9. The fourth-order valence-corrected chi connectivity index (χ4v) is 5.89. The summed E-state index contributed by atoms with van der Waals surface area (Å²) in [4.78, 5) is 27.1. The van der Waals surface area contributed by atoms with Crippen LogP contribution in [0.1, 0.15) is 16.1 Å². The fourth-order valence-electron chi connectivity index (χ4n) is 4.45. The smallest absolute Gasteiger partial charge is 0.355 e. The van der Waals surface area contributed by atoms with Gasteiger partial charge in [0, 0.05) is 21.1 Å². The molecule has 7 nitrogen and oxygen atoms in total. The molecule has 0 saturated carbocycles. The van der Waals surface area contributed by atoms with Crippen molar-refractivity contribution in [2.24, 2.45) is 0 Å². The van der Waals surface area contributed by atoms with Gasteiger partial charge in [0.2, 0.25) is 0 Å². The van der Waals surface area contributed by atoms with Crippen LogP contribution in [0.2, 0.25) is 0 Å². The Morgan fingerprint density at radius 2 is 1.51 bits per heavy atom. The summed E-state index contributed by atoms with van der Waals surface area (Å²) in [5.41, 5.74) is 2.21. The molecular formula is C30H23BrN2O5S. The topological polar surface area (TPSA) is 94.5 Å². The number of carbonyl (C=O) groups excluding carboxylic acids is 1. The Morgan fingerprint density at radius 1 is 0.872 bits per heavy atom. The summed E-state index contributed by atoms with van der Waals surface area (Å²) in [7, 11) is -2.47. The van der Waals surface area contributed by atoms with Gasteiger partial charge in [0.15, 0.2) is 0 Å². The van der Waals surface area contributed by atoms with Crippen molar-refractivity contribution in [3.05, 3.63) is 129 Å². The van der Waals surface area contributed by atoms with Crippen LogP contribution in [-0.4, -0.2) is 26.1 Å². The second-order valence-electron chi connectivity index (χ2n) is 8.78. The van der Waals surface area contributed by atoms with Gasteiger partial charge in [0.1, 0.15) is 5.69 Å². The van der Waals surface area contributed by atoms with Crippen molar-refractivity contribution in [3.63, 3.8) is 0 Å². The zero-order chi connectivity index (χ0) is 27.6. The normalized spacial score (nSPS) is 11.3. The molecule has 9 heteroatoms. The summed E-state index contributed by atoms with van der Waals surface area (Å²) in [5.74, 6) is -0.639. The van der Waals surface area contributed by atoms with E-state index < -0.39 is 16.0 Å². The molecule has 0 fully saturated rings. The van der Waals surface area contributed by atoms with Crippen molar-refractivity contribution in [1.29, 1.82) is 0 Å². The Labute approximate surface area is 233 Å². The molecule has 196 valence electrons. The molecule has 5 aromatic rings. The number of esters is 1. The van der Waals surface area contributed by atoms with Crippen molar-refractivity contribution in [3.8, 4) is 11.1 Å². The maximum Gasteiger partial charge on any atom is 0.355 e. The van der Waals surface area contributed by atoms with E-state index in [1.165, 1.54) is 23.8 Å². The molecule has 0 aliphatic heterocycles. The van der Waals surface area contributed by atoms with E-state index in [2.05, 4.69) is 20.7 Å². The van der Waals surface area contributed by atoms with Crippen molar-refractivity contribution >= 4 is 48.4 Å². The molecule has 0 atom stereocenters. The van der Waals surface area contributed by atoms with Crippen LogP contribution in [0.15, 0.2) is 117 Å². The van der Waals surface area contributed by atoms with E-state index in [0.29, 0.717) is 27.6 Å². The monoisotopic (exact) mass is 602 g/mol. The molecular weight excluding hydrogens is 580 g/mol. The summed E-state index contributed by atoms with van der Waals surface area (Å²) >= 11 is 3.48. The van der Waals surface area contributed by atoms with E-state index in [9.17, 15) is 18.0 Å². The SMILES string of the molecule is COC(=O)c1c(-c2ccccc2)c2cc(Br)ccc2c(=O)n1Cc1ccc(NS(=O)(=O)c2ccccc2)cc1. The van der Waals surface area contributed by atoms with Gasteiger partial charge >= 0.3 is 5.97 Å². The lowest BCUT2D eigenvalue weighted by molar-refractivity contribution is 0.0588. The third-order valence-electron chi connectivity index (χ3n) is 6.27. The van der Waals surface area contributed by atoms with Gasteiger partial charge in [-0.3, -0.25) is 14.1 Å². The van der Waals surface area contributed by atoms with E-state index in [0.717, 1.165) is 10.0 Å². The minimum absolute atomic E-state index is 0.0703. The van der Waals surface area contributed by atoms with Crippen LogP contribution in [0.4, 0.5) is 5.69 Å². The molecule has 1 N–H and O–H groups in total. The van der Waals surface area contributed by atoms with Gasteiger partial charge in [-0.15, -0.1) is 0 Å². The number of ether oxygens (including phenoxy) is 1. The summed E-state index contributed by atoms with van der Waals surface area (Å²) < 4.78 is 35.3. The Morgan fingerprint density at radius 3 is 2.15 bits per heavy atom. The standard InChI is InChI=1S/C30H23BrN2O5S/c1-38-30(35)28-27(21-8-4-2-5-9-21)26-18-22(31)14-17-25(26)29(34)33(28)19-20-12-15-23(16-13-20)32-39(36,37)24-10-6-3-7-11-24/h2-18,32H,19H2,1H3. The molecule has 39 heavy (non-hydrogen) atoms. The molecule has 0 aliphatic rings. The fraction of sp³-hybridized carbons (Fsp3) is 0.0667. The number of nitrogens with one attached hydrogen (secondary N) is 1.